The molecule has 0 aliphatic carbocycles. The third kappa shape index (κ3) is 3.05. The van der Waals surface area contributed by atoms with Crippen LogP contribution in [0.4, 0.5) is 0 Å². The van der Waals surface area contributed by atoms with Gasteiger partial charge in [0.05, 0.1) is 12.1 Å². The maximum absolute atomic E-state index is 11.6. The number of amides is 1. The average molecular weight is 239 g/mol. The summed E-state index contributed by atoms with van der Waals surface area (Å²) in [4.78, 5) is 22.2. The molecule has 0 spiro atoms. The molecule has 2 N–H and O–H groups in total. The van der Waals surface area contributed by atoms with Crippen molar-refractivity contribution >= 4 is 11.9 Å². The lowest BCUT2D eigenvalue weighted by Gasteiger charge is -2.09. The molecule has 1 amide bonds. The van der Waals surface area contributed by atoms with Gasteiger partial charge in [0.15, 0.2) is 0 Å². The van der Waals surface area contributed by atoms with E-state index in [0.717, 1.165) is 17.0 Å². The maximum Gasteiger partial charge on any atom is 0.325 e. The monoisotopic (exact) mass is 239 g/mol. The fourth-order valence-electron chi connectivity index (χ4n) is 1.59. The second-order valence-electron chi connectivity index (χ2n) is 4.08. The highest BCUT2D eigenvalue weighted by Gasteiger charge is 2.17. The molecule has 6 nitrogen and oxygen atoms in total. The van der Waals surface area contributed by atoms with E-state index in [1.165, 1.54) is 6.92 Å². The summed E-state index contributed by atoms with van der Waals surface area (Å²) in [5.74, 6) is -1.35. The van der Waals surface area contributed by atoms with E-state index < -0.39 is 12.0 Å². The highest BCUT2D eigenvalue weighted by molar-refractivity contribution is 5.84. The van der Waals surface area contributed by atoms with Crippen LogP contribution in [0.5, 0.6) is 0 Å². The van der Waals surface area contributed by atoms with Crippen molar-refractivity contribution in [3.05, 3.63) is 17.0 Å². The predicted octanol–water partition coefficient (Wildman–Crippen LogP) is 0.169. The van der Waals surface area contributed by atoms with E-state index in [-0.39, 0.29) is 12.3 Å². The van der Waals surface area contributed by atoms with Gasteiger partial charge >= 0.3 is 5.97 Å². The van der Waals surface area contributed by atoms with Crippen LogP contribution in [0, 0.1) is 13.8 Å². The van der Waals surface area contributed by atoms with Crippen LogP contribution < -0.4 is 5.32 Å². The first-order chi connectivity index (χ1) is 7.82. The summed E-state index contributed by atoms with van der Waals surface area (Å²) in [6.45, 7) is 5.14. The second kappa shape index (κ2) is 4.99. The van der Waals surface area contributed by atoms with Gasteiger partial charge in [0, 0.05) is 18.3 Å². The number of aromatic nitrogens is 2. The van der Waals surface area contributed by atoms with Crippen LogP contribution in [0.25, 0.3) is 0 Å². The summed E-state index contributed by atoms with van der Waals surface area (Å²) in [6.07, 6.45) is 0.156. The van der Waals surface area contributed by atoms with Crippen LogP contribution in [-0.4, -0.2) is 32.8 Å². The summed E-state index contributed by atoms with van der Waals surface area (Å²) in [5, 5.41) is 15.3. The summed E-state index contributed by atoms with van der Waals surface area (Å²) >= 11 is 0. The number of rotatable bonds is 4. The zero-order chi connectivity index (χ0) is 13.2. The first-order valence-electron chi connectivity index (χ1n) is 5.34. The number of aryl methyl sites for hydroxylation is 2. The van der Waals surface area contributed by atoms with Gasteiger partial charge in [-0.25, -0.2) is 0 Å². The first-order valence-corrected chi connectivity index (χ1v) is 5.34. The Morgan fingerprint density at radius 3 is 2.47 bits per heavy atom. The van der Waals surface area contributed by atoms with Crippen LogP contribution in [0.15, 0.2) is 0 Å². The molecule has 94 valence electrons. The molecule has 6 heteroatoms. The number of carboxylic acids is 1. The molecule has 0 aliphatic rings. The molecule has 1 heterocycles. The lowest BCUT2D eigenvalue weighted by molar-refractivity contribution is -0.141. The second-order valence-corrected chi connectivity index (χ2v) is 4.08. The molecule has 0 bridgehead atoms. The SMILES string of the molecule is Cc1nn(C)c(C)c1CC(=O)N[C@@H](C)C(=O)O. The van der Waals surface area contributed by atoms with Gasteiger partial charge in [0.1, 0.15) is 6.04 Å². The molecule has 0 unspecified atom stereocenters. The van der Waals surface area contributed by atoms with Crippen LogP contribution in [0.2, 0.25) is 0 Å². The van der Waals surface area contributed by atoms with E-state index in [1.807, 2.05) is 20.9 Å². The molecule has 0 saturated carbocycles. The largest absolute Gasteiger partial charge is 0.480 e. The third-order valence-electron chi connectivity index (χ3n) is 2.74. The molecule has 1 rings (SSSR count). The summed E-state index contributed by atoms with van der Waals surface area (Å²) in [5.41, 5.74) is 2.56. The van der Waals surface area contributed by atoms with Crippen molar-refractivity contribution in [1.29, 1.82) is 0 Å². The Morgan fingerprint density at radius 2 is 2.06 bits per heavy atom. The van der Waals surface area contributed by atoms with Gasteiger partial charge in [-0.15, -0.1) is 0 Å². The van der Waals surface area contributed by atoms with E-state index in [2.05, 4.69) is 10.4 Å². The maximum atomic E-state index is 11.6. The number of hydrogen-bond acceptors (Lipinski definition) is 3. The lowest BCUT2D eigenvalue weighted by Crippen LogP contribution is -2.39. The Kier molecular flexibility index (Phi) is 3.88. The molecule has 1 atom stereocenters. The molecular weight excluding hydrogens is 222 g/mol. The first kappa shape index (κ1) is 13.2. The average Bonchev–Trinajstić information content (AvgIpc) is 2.45. The smallest absolute Gasteiger partial charge is 0.325 e. The molecule has 0 aliphatic heterocycles. The van der Waals surface area contributed by atoms with Gasteiger partial charge in [0.2, 0.25) is 5.91 Å². The zero-order valence-corrected chi connectivity index (χ0v) is 10.4. The molecule has 0 saturated heterocycles. The van der Waals surface area contributed by atoms with Gasteiger partial charge in [-0.2, -0.15) is 5.10 Å². The quantitative estimate of drug-likeness (QED) is 0.784. The lowest BCUT2D eigenvalue weighted by atomic mass is 10.1. The van der Waals surface area contributed by atoms with E-state index in [4.69, 9.17) is 5.11 Å². The molecule has 0 radical (unpaired) electrons. The molecular formula is C11H17N3O3. The van der Waals surface area contributed by atoms with Crippen molar-refractivity contribution in [1.82, 2.24) is 15.1 Å². The van der Waals surface area contributed by atoms with Crippen molar-refractivity contribution in [3.63, 3.8) is 0 Å². The van der Waals surface area contributed by atoms with E-state index in [0.29, 0.717) is 0 Å². The van der Waals surface area contributed by atoms with Gasteiger partial charge < -0.3 is 10.4 Å². The van der Waals surface area contributed by atoms with Crippen LogP contribution in [-0.2, 0) is 23.1 Å². The van der Waals surface area contributed by atoms with Crippen molar-refractivity contribution in [3.8, 4) is 0 Å². The van der Waals surface area contributed by atoms with E-state index in [9.17, 15) is 9.59 Å². The predicted molar refractivity (Wildman–Crippen MR) is 61.6 cm³/mol. The van der Waals surface area contributed by atoms with Crippen molar-refractivity contribution in [2.24, 2.45) is 7.05 Å². The Hall–Kier alpha value is -1.85. The topological polar surface area (TPSA) is 84.2 Å². The third-order valence-corrected chi connectivity index (χ3v) is 2.74. The molecule has 1 aromatic rings. The number of carbonyl (C=O) groups is 2. The van der Waals surface area contributed by atoms with E-state index in [1.54, 1.807) is 4.68 Å². The summed E-state index contributed by atoms with van der Waals surface area (Å²) in [7, 11) is 1.81. The number of nitrogens with one attached hydrogen (secondary N) is 1. The van der Waals surface area contributed by atoms with Gasteiger partial charge in [-0.3, -0.25) is 14.3 Å². The fraction of sp³-hybridized carbons (Fsp3) is 0.545. The fourth-order valence-corrected chi connectivity index (χ4v) is 1.59. The van der Waals surface area contributed by atoms with Crippen LogP contribution in [0.1, 0.15) is 23.9 Å². The minimum absolute atomic E-state index is 0.156. The minimum atomic E-state index is -1.04. The van der Waals surface area contributed by atoms with Gasteiger partial charge in [0.25, 0.3) is 0 Å². The minimum Gasteiger partial charge on any atom is -0.480 e. The number of carboxylic acid groups (broad SMARTS) is 1. The zero-order valence-electron chi connectivity index (χ0n) is 10.4. The molecule has 0 fully saturated rings. The van der Waals surface area contributed by atoms with Gasteiger partial charge in [-0.1, -0.05) is 0 Å². The number of carbonyl (C=O) groups excluding carboxylic acids is 1. The van der Waals surface area contributed by atoms with Crippen molar-refractivity contribution in [2.75, 3.05) is 0 Å². The van der Waals surface area contributed by atoms with E-state index >= 15 is 0 Å². The highest BCUT2D eigenvalue weighted by Crippen LogP contribution is 2.12. The molecule has 1 aromatic heterocycles. The highest BCUT2D eigenvalue weighted by atomic mass is 16.4. The van der Waals surface area contributed by atoms with Gasteiger partial charge in [-0.05, 0) is 20.8 Å². The van der Waals surface area contributed by atoms with Crippen molar-refractivity contribution < 1.29 is 14.7 Å². The Labute approximate surface area is 99.6 Å². The normalized spacial score (nSPS) is 12.2. The molecule has 0 aromatic carbocycles. The van der Waals surface area contributed by atoms with Crippen LogP contribution >= 0.6 is 0 Å². The number of hydrogen-bond donors (Lipinski definition) is 2. The Morgan fingerprint density at radius 1 is 1.47 bits per heavy atom. The summed E-state index contributed by atoms with van der Waals surface area (Å²) in [6, 6.07) is -0.875. The number of aliphatic carboxylic acids is 1. The Bertz CT molecular complexity index is 451. The summed E-state index contributed by atoms with van der Waals surface area (Å²) < 4.78 is 1.71. The van der Waals surface area contributed by atoms with Crippen LogP contribution in [0.3, 0.4) is 0 Å². The van der Waals surface area contributed by atoms with Crippen molar-refractivity contribution in [2.45, 2.75) is 33.2 Å². The Balaban J connectivity index is 2.72. The number of nitrogens with zero attached hydrogens (tertiary/aromatic N) is 2. The molecule has 17 heavy (non-hydrogen) atoms. The standard InChI is InChI=1S/C11H17N3O3/c1-6-9(8(3)14(4)13-6)5-10(15)12-7(2)11(16)17/h7H,5H2,1-4H3,(H,12,15)(H,16,17)/t7-/m0/s1.